The Morgan fingerprint density at radius 1 is 0.971 bits per heavy atom. The molecule has 0 N–H and O–H groups in total. The molecule has 2 aromatic rings. The van der Waals surface area contributed by atoms with Crippen LogP contribution in [0.15, 0.2) is 48.5 Å². The average Bonchev–Trinajstić information content (AvgIpc) is 2.85. The molecule has 0 unspecified atom stereocenters. The first-order valence-electron chi connectivity index (χ1n) is 12.9. The number of rotatable bonds is 8. The van der Waals surface area contributed by atoms with Crippen LogP contribution >= 0.6 is 0 Å². The smallest absolute Gasteiger partial charge is 0.250 e. The van der Waals surface area contributed by atoms with Gasteiger partial charge in [0.1, 0.15) is 12.6 Å². The highest BCUT2D eigenvalue weighted by molar-refractivity contribution is 5.96. The van der Waals surface area contributed by atoms with Gasteiger partial charge in [-0.15, -0.1) is 0 Å². The van der Waals surface area contributed by atoms with Crippen LogP contribution in [0.2, 0.25) is 0 Å². The lowest BCUT2D eigenvalue weighted by Crippen LogP contribution is -2.59. The summed E-state index contributed by atoms with van der Waals surface area (Å²) in [6.45, 7) is 6.84. The molecule has 188 valence electrons. The van der Waals surface area contributed by atoms with E-state index in [9.17, 15) is 9.59 Å². The van der Waals surface area contributed by atoms with Crippen molar-refractivity contribution in [3.63, 3.8) is 0 Å². The molecule has 1 saturated heterocycles. The molecule has 1 heterocycles. The van der Waals surface area contributed by atoms with E-state index in [1.54, 1.807) is 12.0 Å². The van der Waals surface area contributed by atoms with Gasteiger partial charge >= 0.3 is 0 Å². The summed E-state index contributed by atoms with van der Waals surface area (Å²) in [7, 11) is 1.60. The Morgan fingerprint density at radius 3 is 2.34 bits per heavy atom. The first-order valence-corrected chi connectivity index (χ1v) is 12.9. The molecule has 0 spiro atoms. The third kappa shape index (κ3) is 5.80. The van der Waals surface area contributed by atoms with Crippen LogP contribution in [0, 0.1) is 5.92 Å². The van der Waals surface area contributed by atoms with Gasteiger partial charge in [-0.25, -0.2) is 0 Å². The molecular formula is C29H38N2O4. The second kappa shape index (κ2) is 11.1. The Balaban J connectivity index is 1.65. The molecule has 1 aliphatic heterocycles. The van der Waals surface area contributed by atoms with E-state index in [4.69, 9.17) is 9.47 Å². The number of benzene rings is 2. The van der Waals surface area contributed by atoms with Crippen LogP contribution in [0.5, 0.6) is 11.5 Å². The minimum atomic E-state index is -0.665. The van der Waals surface area contributed by atoms with Gasteiger partial charge in [-0.1, -0.05) is 43.3 Å². The van der Waals surface area contributed by atoms with E-state index in [0.29, 0.717) is 30.4 Å². The number of methoxy groups -OCH3 is 1. The Hall–Kier alpha value is -3.02. The summed E-state index contributed by atoms with van der Waals surface area (Å²) in [5.41, 5.74) is 1.91. The van der Waals surface area contributed by atoms with Crippen LogP contribution in [-0.4, -0.2) is 54.0 Å². The third-order valence-corrected chi connectivity index (χ3v) is 7.23. The summed E-state index contributed by atoms with van der Waals surface area (Å²) in [6.07, 6.45) is 4.81. The van der Waals surface area contributed by atoms with Crippen molar-refractivity contribution in [2.24, 2.45) is 5.92 Å². The molecule has 0 bridgehead atoms. The summed E-state index contributed by atoms with van der Waals surface area (Å²) in [5, 5.41) is 0. The van der Waals surface area contributed by atoms with E-state index >= 15 is 0 Å². The van der Waals surface area contributed by atoms with Crippen LogP contribution in [0.3, 0.4) is 0 Å². The molecule has 4 rings (SSSR count). The normalized spacial score (nSPS) is 23.1. The minimum absolute atomic E-state index is 0.000745. The molecule has 2 aliphatic rings. The third-order valence-electron chi connectivity index (χ3n) is 7.23. The van der Waals surface area contributed by atoms with E-state index in [2.05, 4.69) is 19.1 Å². The lowest BCUT2D eigenvalue weighted by atomic mass is 9.85. The Kier molecular flexibility index (Phi) is 7.99. The summed E-state index contributed by atoms with van der Waals surface area (Å²) in [4.78, 5) is 31.1. The fraction of sp³-hybridized carbons (Fsp3) is 0.517. The maximum absolute atomic E-state index is 14.0. The van der Waals surface area contributed by atoms with Crippen molar-refractivity contribution in [3.05, 3.63) is 59.7 Å². The van der Waals surface area contributed by atoms with Crippen molar-refractivity contribution < 1.29 is 19.1 Å². The second-order valence-corrected chi connectivity index (χ2v) is 10.2. The zero-order valence-corrected chi connectivity index (χ0v) is 21.4. The Morgan fingerprint density at radius 2 is 1.69 bits per heavy atom. The highest BCUT2D eigenvalue weighted by atomic mass is 16.5. The summed E-state index contributed by atoms with van der Waals surface area (Å²) >= 11 is 0. The standard InChI is InChI=1S/C29H38N2O4/c1-20(2)35-25-15-12-23(18-26(25)34-4)28-29(33)31(24-13-10-21(3)11-14-24)19-27(32)30(28)17-16-22-8-6-5-7-9-22/h5-9,12,15,18,20-21,24,28H,10-11,13-14,16-17,19H2,1-4H3/t21?,24?,28-/m0/s1. The fourth-order valence-corrected chi connectivity index (χ4v) is 5.29. The molecule has 2 fully saturated rings. The molecule has 1 atom stereocenters. The summed E-state index contributed by atoms with van der Waals surface area (Å²) in [5.74, 6) is 1.90. The van der Waals surface area contributed by atoms with Gasteiger partial charge < -0.3 is 19.3 Å². The van der Waals surface area contributed by atoms with Crippen molar-refractivity contribution in [2.75, 3.05) is 20.2 Å². The predicted octanol–water partition coefficient (Wildman–Crippen LogP) is 5.02. The van der Waals surface area contributed by atoms with Crippen molar-refractivity contribution in [3.8, 4) is 11.5 Å². The van der Waals surface area contributed by atoms with Gasteiger partial charge in [0.05, 0.1) is 13.2 Å². The van der Waals surface area contributed by atoms with E-state index in [0.717, 1.165) is 36.8 Å². The number of hydrogen-bond donors (Lipinski definition) is 0. The Labute approximate surface area is 209 Å². The first-order chi connectivity index (χ1) is 16.9. The SMILES string of the molecule is COc1cc([C@H]2C(=O)N(C3CCC(C)CC3)CC(=O)N2CCc2ccccc2)ccc1OC(C)C. The lowest BCUT2D eigenvalue weighted by Gasteiger charge is -2.45. The minimum Gasteiger partial charge on any atom is -0.493 e. The molecule has 6 nitrogen and oxygen atoms in total. The van der Waals surface area contributed by atoms with Crippen molar-refractivity contribution >= 4 is 11.8 Å². The number of amides is 2. The maximum Gasteiger partial charge on any atom is 0.250 e. The highest BCUT2D eigenvalue weighted by Gasteiger charge is 2.43. The molecule has 1 aliphatic carbocycles. The van der Waals surface area contributed by atoms with Crippen LogP contribution in [-0.2, 0) is 16.0 Å². The molecule has 6 heteroatoms. The molecule has 0 radical (unpaired) electrons. The van der Waals surface area contributed by atoms with Crippen LogP contribution in [0.1, 0.15) is 63.6 Å². The second-order valence-electron chi connectivity index (χ2n) is 10.2. The van der Waals surface area contributed by atoms with Gasteiger partial charge in [0, 0.05) is 12.6 Å². The van der Waals surface area contributed by atoms with E-state index < -0.39 is 6.04 Å². The lowest BCUT2D eigenvalue weighted by molar-refractivity contribution is -0.159. The molecule has 35 heavy (non-hydrogen) atoms. The van der Waals surface area contributed by atoms with Gasteiger partial charge in [-0.2, -0.15) is 0 Å². The van der Waals surface area contributed by atoms with Gasteiger partial charge in [0.15, 0.2) is 11.5 Å². The summed E-state index contributed by atoms with van der Waals surface area (Å²) < 4.78 is 11.5. The number of carbonyl (C=O) groups excluding carboxylic acids is 2. The molecule has 2 amide bonds. The molecule has 0 aromatic heterocycles. The van der Waals surface area contributed by atoms with Crippen LogP contribution in [0.4, 0.5) is 0 Å². The van der Waals surface area contributed by atoms with Crippen molar-refractivity contribution in [2.45, 2.75) is 71.1 Å². The van der Waals surface area contributed by atoms with Crippen molar-refractivity contribution in [1.82, 2.24) is 9.80 Å². The highest BCUT2D eigenvalue weighted by Crippen LogP contribution is 2.37. The topological polar surface area (TPSA) is 59.1 Å². The number of nitrogens with zero attached hydrogens (tertiary/aromatic N) is 2. The molecular weight excluding hydrogens is 440 g/mol. The maximum atomic E-state index is 14.0. The summed E-state index contributed by atoms with van der Waals surface area (Å²) in [6, 6.07) is 15.2. The van der Waals surface area contributed by atoms with Gasteiger partial charge in [0.2, 0.25) is 5.91 Å². The van der Waals surface area contributed by atoms with Gasteiger partial charge in [0.25, 0.3) is 5.91 Å². The average molecular weight is 479 g/mol. The quantitative estimate of drug-likeness (QED) is 0.535. The Bertz CT molecular complexity index is 1010. The van der Waals surface area contributed by atoms with Gasteiger partial charge in [-0.05, 0) is 75.1 Å². The number of hydrogen-bond acceptors (Lipinski definition) is 4. The molecule has 1 saturated carbocycles. The van der Waals surface area contributed by atoms with E-state index in [1.165, 1.54) is 0 Å². The van der Waals surface area contributed by atoms with Gasteiger partial charge in [-0.3, -0.25) is 9.59 Å². The largest absolute Gasteiger partial charge is 0.493 e. The number of ether oxygens (including phenoxy) is 2. The fourth-order valence-electron chi connectivity index (χ4n) is 5.29. The van der Waals surface area contributed by atoms with Crippen molar-refractivity contribution in [1.29, 1.82) is 0 Å². The zero-order chi connectivity index (χ0) is 24.9. The number of piperazine rings is 1. The zero-order valence-electron chi connectivity index (χ0n) is 21.4. The monoisotopic (exact) mass is 478 g/mol. The predicted molar refractivity (Wildman–Crippen MR) is 136 cm³/mol. The van der Waals surface area contributed by atoms with E-state index in [1.807, 2.05) is 55.1 Å². The number of carbonyl (C=O) groups is 2. The van der Waals surface area contributed by atoms with Crippen LogP contribution < -0.4 is 9.47 Å². The van der Waals surface area contributed by atoms with E-state index in [-0.39, 0.29) is 30.5 Å². The first kappa shape index (κ1) is 25.1. The molecule has 2 aromatic carbocycles. The van der Waals surface area contributed by atoms with Crippen LogP contribution in [0.25, 0.3) is 0 Å².